The zero-order chi connectivity index (χ0) is 21.8. The van der Waals surface area contributed by atoms with Crippen LogP contribution < -0.4 is 4.90 Å². The van der Waals surface area contributed by atoms with E-state index in [2.05, 4.69) is 9.88 Å². The summed E-state index contributed by atoms with van der Waals surface area (Å²) in [6, 6.07) is 2.30. The molecule has 9 heteroatoms. The molecule has 0 N–H and O–H groups in total. The molecule has 0 radical (unpaired) electrons. The minimum atomic E-state index is -0.493. The summed E-state index contributed by atoms with van der Waals surface area (Å²) in [6.07, 6.45) is 6.71. The molecular formula is C22H30ClN5O3. The molecule has 3 fully saturated rings. The van der Waals surface area contributed by atoms with Crippen molar-refractivity contribution < 1.29 is 14.3 Å². The van der Waals surface area contributed by atoms with E-state index in [1.807, 2.05) is 42.6 Å². The van der Waals surface area contributed by atoms with Crippen molar-refractivity contribution in [1.29, 1.82) is 0 Å². The Bertz CT molecular complexity index is 967. The van der Waals surface area contributed by atoms with Crippen molar-refractivity contribution >= 4 is 34.4 Å². The molecule has 3 unspecified atom stereocenters. The monoisotopic (exact) mass is 447 g/mol. The molecule has 3 atom stereocenters. The van der Waals surface area contributed by atoms with Gasteiger partial charge in [-0.15, -0.1) is 0 Å². The topological polar surface area (TPSA) is 72.7 Å². The molecule has 0 aromatic carbocycles. The van der Waals surface area contributed by atoms with Crippen molar-refractivity contribution in [3.8, 4) is 0 Å². The Balaban J connectivity index is 1.46. The lowest BCUT2D eigenvalue weighted by Gasteiger charge is -2.41. The second-order valence-corrected chi connectivity index (χ2v) is 10.2. The summed E-state index contributed by atoms with van der Waals surface area (Å²) >= 11 is 6.24. The maximum Gasteiger partial charge on any atom is 0.410 e. The lowest BCUT2D eigenvalue weighted by atomic mass is 10.1. The third-order valence-corrected chi connectivity index (χ3v) is 6.55. The van der Waals surface area contributed by atoms with Gasteiger partial charge in [-0.3, -0.25) is 0 Å². The standard InChI is InChI=1S/C22H30ClN5O3/c1-22(2,3)31-21(29)26-12-14-7-8-15(13-26)27(14)20-16-11-24-18(23)10-17(16)28(25-20)19-6-4-5-9-30-19/h10-11,14-15,19H,4-9,12-13H2,1-3H3. The molecule has 5 heterocycles. The van der Waals surface area contributed by atoms with Crippen molar-refractivity contribution in [2.75, 3.05) is 24.6 Å². The highest BCUT2D eigenvalue weighted by atomic mass is 35.5. The number of aromatic nitrogens is 3. The first-order chi connectivity index (χ1) is 14.8. The molecule has 0 spiro atoms. The van der Waals surface area contributed by atoms with Gasteiger partial charge in [0.25, 0.3) is 0 Å². The predicted molar refractivity (Wildman–Crippen MR) is 118 cm³/mol. The van der Waals surface area contributed by atoms with E-state index in [0.29, 0.717) is 18.2 Å². The number of rotatable bonds is 2. The SMILES string of the molecule is CC(C)(C)OC(=O)N1CC2CCC(C1)N2c1nn(C2CCCCO2)c2cc(Cl)ncc12. The fourth-order valence-corrected chi connectivity index (χ4v) is 5.20. The van der Waals surface area contributed by atoms with Gasteiger partial charge in [-0.2, -0.15) is 5.10 Å². The highest BCUT2D eigenvalue weighted by Gasteiger charge is 2.44. The molecule has 0 saturated carbocycles. The van der Waals surface area contributed by atoms with Crippen LogP contribution in [0.2, 0.25) is 5.15 Å². The Hall–Kier alpha value is -2.06. The average Bonchev–Trinajstić information content (AvgIpc) is 3.20. The normalized spacial score (nSPS) is 26.5. The van der Waals surface area contributed by atoms with E-state index in [4.69, 9.17) is 26.2 Å². The van der Waals surface area contributed by atoms with Crippen LogP contribution in [0.15, 0.2) is 12.3 Å². The van der Waals surface area contributed by atoms with E-state index in [1.54, 1.807) is 0 Å². The number of pyridine rings is 1. The van der Waals surface area contributed by atoms with E-state index < -0.39 is 5.60 Å². The van der Waals surface area contributed by atoms with Gasteiger partial charge in [0.1, 0.15) is 10.8 Å². The number of carbonyl (C=O) groups excluding carboxylic acids is 1. The second-order valence-electron chi connectivity index (χ2n) is 9.79. The van der Waals surface area contributed by atoms with Gasteiger partial charge in [0.15, 0.2) is 12.0 Å². The minimum absolute atomic E-state index is 0.0795. The third-order valence-electron chi connectivity index (χ3n) is 6.35. The van der Waals surface area contributed by atoms with E-state index in [9.17, 15) is 4.79 Å². The quantitative estimate of drug-likeness (QED) is 0.636. The number of hydrogen-bond donors (Lipinski definition) is 0. The van der Waals surface area contributed by atoms with Crippen LogP contribution in [0.4, 0.5) is 10.6 Å². The predicted octanol–water partition coefficient (Wildman–Crippen LogP) is 4.37. The lowest BCUT2D eigenvalue weighted by Crippen LogP contribution is -2.56. The fraction of sp³-hybridized carbons (Fsp3) is 0.682. The van der Waals surface area contributed by atoms with Gasteiger partial charge in [0, 0.05) is 44.0 Å². The Morgan fingerprint density at radius 3 is 2.58 bits per heavy atom. The van der Waals surface area contributed by atoms with E-state index in [0.717, 1.165) is 55.4 Å². The van der Waals surface area contributed by atoms with Crippen molar-refractivity contribution in [1.82, 2.24) is 19.7 Å². The Morgan fingerprint density at radius 1 is 1.19 bits per heavy atom. The van der Waals surface area contributed by atoms with Crippen LogP contribution in [0.3, 0.4) is 0 Å². The van der Waals surface area contributed by atoms with Gasteiger partial charge >= 0.3 is 6.09 Å². The second kappa shape index (κ2) is 7.81. The number of carbonyl (C=O) groups is 1. The Morgan fingerprint density at radius 2 is 1.94 bits per heavy atom. The van der Waals surface area contributed by atoms with Crippen LogP contribution >= 0.6 is 11.6 Å². The first kappa shape index (κ1) is 20.8. The lowest BCUT2D eigenvalue weighted by molar-refractivity contribution is -0.0366. The molecule has 8 nitrogen and oxygen atoms in total. The number of halogens is 1. The highest BCUT2D eigenvalue weighted by Crippen LogP contribution is 2.40. The molecule has 2 bridgehead atoms. The molecule has 5 rings (SSSR count). The molecule has 1 amide bonds. The number of fused-ring (bicyclic) bond motifs is 3. The van der Waals surface area contributed by atoms with Crippen molar-refractivity contribution in [3.05, 3.63) is 17.4 Å². The first-order valence-corrected chi connectivity index (χ1v) is 11.6. The molecule has 3 aliphatic heterocycles. The Kier molecular flexibility index (Phi) is 5.25. The van der Waals surface area contributed by atoms with E-state index in [1.165, 1.54) is 0 Å². The van der Waals surface area contributed by atoms with Gasteiger partial charge in [-0.1, -0.05) is 11.6 Å². The molecule has 31 heavy (non-hydrogen) atoms. The number of hydrogen-bond acceptors (Lipinski definition) is 6. The third kappa shape index (κ3) is 3.96. The number of nitrogens with zero attached hydrogens (tertiary/aromatic N) is 5. The molecule has 2 aromatic heterocycles. The molecule has 168 valence electrons. The van der Waals surface area contributed by atoms with Crippen LogP contribution in [-0.2, 0) is 9.47 Å². The molecule has 3 aliphatic rings. The summed E-state index contributed by atoms with van der Waals surface area (Å²) in [5.74, 6) is 0.921. The number of likely N-dealkylation sites (tertiary alicyclic amines) is 1. The highest BCUT2D eigenvalue weighted by molar-refractivity contribution is 6.30. The minimum Gasteiger partial charge on any atom is -0.444 e. The summed E-state index contributed by atoms with van der Waals surface area (Å²) in [7, 11) is 0. The molecule has 2 aromatic rings. The van der Waals surface area contributed by atoms with E-state index >= 15 is 0 Å². The number of amides is 1. The van der Waals surface area contributed by atoms with Crippen LogP contribution in [-0.4, -0.2) is 63.1 Å². The first-order valence-electron chi connectivity index (χ1n) is 11.2. The average molecular weight is 448 g/mol. The maximum atomic E-state index is 12.7. The molecular weight excluding hydrogens is 418 g/mol. The largest absolute Gasteiger partial charge is 0.444 e. The Labute approximate surface area is 187 Å². The smallest absolute Gasteiger partial charge is 0.410 e. The van der Waals surface area contributed by atoms with Crippen LogP contribution in [0.1, 0.15) is 59.1 Å². The summed E-state index contributed by atoms with van der Waals surface area (Å²) in [6.45, 7) is 7.74. The van der Waals surface area contributed by atoms with Crippen LogP contribution in [0.25, 0.3) is 10.9 Å². The zero-order valence-corrected chi connectivity index (χ0v) is 19.1. The summed E-state index contributed by atoms with van der Waals surface area (Å²) in [5.41, 5.74) is 0.462. The molecule has 0 aliphatic carbocycles. The van der Waals surface area contributed by atoms with Gasteiger partial charge in [-0.05, 0) is 52.9 Å². The summed E-state index contributed by atoms with van der Waals surface area (Å²) < 4.78 is 13.6. The van der Waals surface area contributed by atoms with Crippen molar-refractivity contribution in [2.24, 2.45) is 0 Å². The summed E-state index contributed by atoms with van der Waals surface area (Å²) in [4.78, 5) is 21.2. The van der Waals surface area contributed by atoms with Gasteiger partial charge in [-0.25, -0.2) is 14.5 Å². The van der Waals surface area contributed by atoms with Gasteiger partial charge in [0.2, 0.25) is 0 Å². The van der Waals surface area contributed by atoms with Gasteiger partial charge in [0.05, 0.1) is 10.9 Å². The summed E-state index contributed by atoms with van der Waals surface area (Å²) in [5, 5.41) is 6.47. The number of ether oxygens (including phenoxy) is 2. The van der Waals surface area contributed by atoms with Crippen LogP contribution in [0.5, 0.6) is 0 Å². The fourth-order valence-electron chi connectivity index (χ4n) is 5.04. The van der Waals surface area contributed by atoms with Crippen molar-refractivity contribution in [3.63, 3.8) is 0 Å². The maximum absolute atomic E-state index is 12.7. The van der Waals surface area contributed by atoms with Crippen molar-refractivity contribution in [2.45, 2.75) is 76.8 Å². The van der Waals surface area contributed by atoms with E-state index in [-0.39, 0.29) is 24.4 Å². The number of anilines is 1. The van der Waals surface area contributed by atoms with Gasteiger partial charge < -0.3 is 19.3 Å². The zero-order valence-electron chi connectivity index (χ0n) is 18.4. The van der Waals surface area contributed by atoms with Crippen LogP contribution in [0, 0.1) is 0 Å². The number of piperazine rings is 1. The molecule has 3 saturated heterocycles.